The molecule has 0 unspecified atom stereocenters. The molecule has 0 spiro atoms. The summed E-state index contributed by atoms with van der Waals surface area (Å²) in [5.41, 5.74) is 6.11. The van der Waals surface area contributed by atoms with Crippen molar-refractivity contribution < 1.29 is 9.53 Å². The number of amides is 1. The Hall–Kier alpha value is -1.59. The number of nitrogens with one attached hydrogen (secondary N) is 1. The van der Waals surface area contributed by atoms with Gasteiger partial charge in [-0.2, -0.15) is 0 Å². The van der Waals surface area contributed by atoms with Crippen LogP contribution in [-0.2, 0) is 4.79 Å². The number of ether oxygens (including phenoxy) is 1. The van der Waals surface area contributed by atoms with Crippen molar-refractivity contribution in [1.29, 1.82) is 0 Å². The molecular weight excluding hydrogens is 230 g/mol. The molecule has 0 aliphatic heterocycles. The molecule has 0 heterocycles. The minimum Gasteiger partial charge on any atom is -0.492 e. The van der Waals surface area contributed by atoms with Crippen molar-refractivity contribution in [3.63, 3.8) is 0 Å². The van der Waals surface area contributed by atoms with Crippen LogP contribution in [0.25, 0.3) is 0 Å². The van der Waals surface area contributed by atoms with E-state index in [4.69, 9.17) is 10.5 Å². The van der Waals surface area contributed by atoms with Gasteiger partial charge in [0.1, 0.15) is 12.4 Å². The van der Waals surface area contributed by atoms with E-state index in [9.17, 15) is 4.79 Å². The third-order valence-electron chi connectivity index (χ3n) is 2.29. The Labute approximate surface area is 108 Å². The van der Waals surface area contributed by atoms with Crippen LogP contribution >= 0.6 is 0 Å². The third-order valence-corrected chi connectivity index (χ3v) is 2.29. The Kier molecular flexibility index (Phi) is 6.18. The van der Waals surface area contributed by atoms with Crippen LogP contribution in [0.15, 0.2) is 24.3 Å². The standard InChI is InChI=1S/C13H21N3O2/c1-16(2)8-6-13(17)15-11-4-3-5-12(10-11)18-9-7-14/h3-5,10H,6-9,14H2,1-2H3,(H,15,17). The first kappa shape index (κ1) is 14.5. The van der Waals surface area contributed by atoms with E-state index in [-0.39, 0.29) is 5.91 Å². The minimum atomic E-state index is -0.000301. The molecule has 5 nitrogen and oxygen atoms in total. The average Bonchev–Trinajstić information content (AvgIpc) is 2.34. The molecule has 0 aliphatic carbocycles. The molecule has 0 saturated heterocycles. The van der Waals surface area contributed by atoms with Gasteiger partial charge in [0.2, 0.25) is 5.91 Å². The molecule has 0 saturated carbocycles. The zero-order valence-corrected chi connectivity index (χ0v) is 11.0. The second kappa shape index (κ2) is 7.68. The van der Waals surface area contributed by atoms with Crippen LogP contribution in [0.2, 0.25) is 0 Å². The largest absolute Gasteiger partial charge is 0.492 e. The summed E-state index contributed by atoms with van der Waals surface area (Å²) in [6, 6.07) is 7.31. The lowest BCUT2D eigenvalue weighted by Gasteiger charge is -2.10. The molecule has 18 heavy (non-hydrogen) atoms. The normalized spacial score (nSPS) is 10.4. The molecule has 100 valence electrons. The van der Waals surface area contributed by atoms with Crippen molar-refractivity contribution in [2.24, 2.45) is 5.73 Å². The van der Waals surface area contributed by atoms with E-state index in [0.717, 1.165) is 12.2 Å². The summed E-state index contributed by atoms with van der Waals surface area (Å²) in [6.45, 7) is 1.67. The average molecular weight is 251 g/mol. The Bertz CT molecular complexity index is 380. The van der Waals surface area contributed by atoms with E-state index in [2.05, 4.69) is 5.32 Å². The van der Waals surface area contributed by atoms with Crippen molar-refractivity contribution in [3.05, 3.63) is 24.3 Å². The van der Waals surface area contributed by atoms with Crippen molar-refractivity contribution in [2.45, 2.75) is 6.42 Å². The van der Waals surface area contributed by atoms with E-state index >= 15 is 0 Å². The van der Waals surface area contributed by atoms with Gasteiger partial charge in [-0.3, -0.25) is 4.79 Å². The number of benzene rings is 1. The van der Waals surface area contributed by atoms with Gasteiger partial charge in [-0.15, -0.1) is 0 Å². The summed E-state index contributed by atoms with van der Waals surface area (Å²) >= 11 is 0. The number of anilines is 1. The van der Waals surface area contributed by atoms with Gasteiger partial charge in [0, 0.05) is 31.3 Å². The SMILES string of the molecule is CN(C)CCC(=O)Nc1cccc(OCCN)c1. The minimum absolute atomic E-state index is 0.000301. The Morgan fingerprint density at radius 2 is 2.22 bits per heavy atom. The molecule has 0 aromatic heterocycles. The molecule has 3 N–H and O–H groups in total. The van der Waals surface area contributed by atoms with Crippen LogP contribution < -0.4 is 15.8 Å². The highest BCUT2D eigenvalue weighted by molar-refractivity contribution is 5.90. The topological polar surface area (TPSA) is 67.6 Å². The predicted molar refractivity (Wildman–Crippen MR) is 72.8 cm³/mol. The maximum atomic E-state index is 11.6. The maximum absolute atomic E-state index is 11.6. The summed E-state index contributed by atoms with van der Waals surface area (Å²) < 4.78 is 5.39. The Morgan fingerprint density at radius 1 is 1.44 bits per heavy atom. The van der Waals surface area contributed by atoms with E-state index < -0.39 is 0 Å². The highest BCUT2D eigenvalue weighted by atomic mass is 16.5. The van der Waals surface area contributed by atoms with Crippen molar-refractivity contribution in [1.82, 2.24) is 4.90 Å². The highest BCUT2D eigenvalue weighted by Gasteiger charge is 2.04. The quantitative estimate of drug-likeness (QED) is 0.756. The van der Waals surface area contributed by atoms with Gasteiger partial charge < -0.3 is 20.7 Å². The van der Waals surface area contributed by atoms with E-state index in [1.165, 1.54) is 0 Å². The first-order valence-electron chi connectivity index (χ1n) is 5.99. The lowest BCUT2D eigenvalue weighted by molar-refractivity contribution is -0.116. The second-order valence-corrected chi connectivity index (χ2v) is 4.27. The van der Waals surface area contributed by atoms with Gasteiger partial charge in [-0.05, 0) is 26.2 Å². The first-order valence-corrected chi connectivity index (χ1v) is 5.99. The van der Waals surface area contributed by atoms with Gasteiger partial charge in [-0.1, -0.05) is 6.07 Å². The summed E-state index contributed by atoms with van der Waals surface area (Å²) in [6.07, 6.45) is 0.473. The number of nitrogens with zero attached hydrogens (tertiary/aromatic N) is 1. The predicted octanol–water partition coefficient (Wildman–Crippen LogP) is 0.914. The second-order valence-electron chi connectivity index (χ2n) is 4.27. The maximum Gasteiger partial charge on any atom is 0.225 e. The molecule has 5 heteroatoms. The van der Waals surface area contributed by atoms with Crippen LogP contribution in [0.4, 0.5) is 5.69 Å². The van der Waals surface area contributed by atoms with Crippen molar-refractivity contribution in [2.75, 3.05) is 39.1 Å². The van der Waals surface area contributed by atoms with E-state index in [0.29, 0.717) is 25.3 Å². The number of nitrogens with two attached hydrogens (primary N) is 1. The smallest absolute Gasteiger partial charge is 0.225 e. The van der Waals surface area contributed by atoms with Crippen LogP contribution in [0, 0.1) is 0 Å². The molecular formula is C13H21N3O2. The van der Waals surface area contributed by atoms with Crippen molar-refractivity contribution in [3.8, 4) is 5.75 Å². The molecule has 0 radical (unpaired) electrons. The lowest BCUT2D eigenvalue weighted by atomic mass is 10.3. The fourth-order valence-corrected chi connectivity index (χ4v) is 1.39. The molecule has 0 fully saturated rings. The Morgan fingerprint density at radius 3 is 2.89 bits per heavy atom. The monoisotopic (exact) mass is 251 g/mol. The number of hydrogen-bond donors (Lipinski definition) is 2. The summed E-state index contributed by atoms with van der Waals surface area (Å²) in [4.78, 5) is 13.6. The van der Waals surface area contributed by atoms with Crippen LogP contribution in [0.1, 0.15) is 6.42 Å². The number of carbonyl (C=O) groups is 1. The zero-order chi connectivity index (χ0) is 13.4. The number of hydrogen-bond acceptors (Lipinski definition) is 4. The molecule has 0 atom stereocenters. The van der Waals surface area contributed by atoms with Crippen LogP contribution in [0.5, 0.6) is 5.75 Å². The molecule has 0 aliphatic rings. The zero-order valence-electron chi connectivity index (χ0n) is 11.0. The molecule has 0 bridgehead atoms. The van der Waals surface area contributed by atoms with Gasteiger partial charge in [0.25, 0.3) is 0 Å². The fourth-order valence-electron chi connectivity index (χ4n) is 1.39. The summed E-state index contributed by atoms with van der Waals surface area (Å²) in [5, 5.41) is 2.84. The third kappa shape index (κ3) is 5.65. The van der Waals surface area contributed by atoms with Gasteiger partial charge in [0.15, 0.2) is 0 Å². The lowest BCUT2D eigenvalue weighted by Crippen LogP contribution is -2.20. The van der Waals surface area contributed by atoms with E-state index in [1.54, 1.807) is 6.07 Å². The molecule has 1 rings (SSSR count). The number of rotatable bonds is 7. The first-order chi connectivity index (χ1) is 8.61. The highest BCUT2D eigenvalue weighted by Crippen LogP contribution is 2.17. The summed E-state index contributed by atoms with van der Waals surface area (Å²) in [5.74, 6) is 0.713. The van der Waals surface area contributed by atoms with Crippen LogP contribution in [-0.4, -0.2) is 44.6 Å². The Balaban J connectivity index is 2.48. The van der Waals surface area contributed by atoms with E-state index in [1.807, 2.05) is 37.2 Å². The van der Waals surface area contributed by atoms with Crippen LogP contribution in [0.3, 0.4) is 0 Å². The summed E-state index contributed by atoms with van der Waals surface area (Å²) in [7, 11) is 3.88. The molecule has 1 aromatic carbocycles. The van der Waals surface area contributed by atoms with Gasteiger partial charge in [-0.25, -0.2) is 0 Å². The fraction of sp³-hybridized carbons (Fsp3) is 0.462. The number of carbonyl (C=O) groups excluding carboxylic acids is 1. The van der Waals surface area contributed by atoms with Crippen molar-refractivity contribution >= 4 is 11.6 Å². The van der Waals surface area contributed by atoms with Gasteiger partial charge in [0.05, 0.1) is 0 Å². The van der Waals surface area contributed by atoms with Gasteiger partial charge >= 0.3 is 0 Å². The molecule has 1 amide bonds. The molecule has 1 aromatic rings.